The summed E-state index contributed by atoms with van der Waals surface area (Å²) in [5.41, 5.74) is 2.39. The van der Waals surface area contributed by atoms with E-state index in [1.165, 1.54) is 12.1 Å². The Hall–Kier alpha value is -1.45. The lowest BCUT2D eigenvalue weighted by Gasteiger charge is -2.16. The van der Waals surface area contributed by atoms with E-state index in [1.54, 1.807) is 19.1 Å². The van der Waals surface area contributed by atoms with Crippen molar-refractivity contribution in [2.45, 2.75) is 40.0 Å². The van der Waals surface area contributed by atoms with Crippen molar-refractivity contribution in [2.24, 2.45) is 0 Å². The fourth-order valence-corrected chi connectivity index (χ4v) is 2.62. The van der Waals surface area contributed by atoms with E-state index in [2.05, 4.69) is 4.52 Å². The Labute approximate surface area is 130 Å². The van der Waals surface area contributed by atoms with Crippen LogP contribution in [-0.4, -0.2) is 4.89 Å². The third kappa shape index (κ3) is 5.08. The van der Waals surface area contributed by atoms with Crippen molar-refractivity contribution in [1.29, 1.82) is 0 Å². The summed E-state index contributed by atoms with van der Waals surface area (Å²) in [6.45, 7) is 5.60. The van der Waals surface area contributed by atoms with Crippen molar-refractivity contribution in [2.75, 3.05) is 0 Å². The predicted octanol–water partition coefficient (Wildman–Crippen LogP) is 5.39. The molecule has 0 fully saturated rings. The summed E-state index contributed by atoms with van der Waals surface area (Å²) in [4.78, 5) is 8.78. The van der Waals surface area contributed by atoms with Gasteiger partial charge in [0.05, 0.1) is 0 Å². The van der Waals surface area contributed by atoms with Gasteiger partial charge < -0.3 is 9.42 Å². The van der Waals surface area contributed by atoms with E-state index in [0.29, 0.717) is 11.1 Å². The molecule has 0 aliphatic heterocycles. The molecule has 1 rings (SSSR count). The van der Waals surface area contributed by atoms with Gasteiger partial charge in [-0.1, -0.05) is 38.0 Å². The van der Waals surface area contributed by atoms with Crippen LogP contribution in [0.5, 0.6) is 0 Å². The number of halogens is 2. The molecule has 0 spiro atoms. The summed E-state index contributed by atoms with van der Waals surface area (Å²) in [7, 11) is -3.41. The highest BCUT2D eigenvalue weighted by atomic mass is 31.1. The highest BCUT2D eigenvalue weighted by Gasteiger charge is 2.17. The van der Waals surface area contributed by atoms with Crippen LogP contribution >= 0.6 is 8.25 Å². The van der Waals surface area contributed by atoms with Crippen molar-refractivity contribution in [3.8, 4) is 0 Å². The second-order valence-corrected chi connectivity index (χ2v) is 5.62. The molecule has 1 aromatic rings. The summed E-state index contributed by atoms with van der Waals surface area (Å²) in [6, 6.07) is 4.68. The first-order valence-electron chi connectivity index (χ1n) is 7.16. The van der Waals surface area contributed by atoms with E-state index in [9.17, 15) is 13.3 Å². The van der Waals surface area contributed by atoms with Gasteiger partial charge in [-0.2, -0.15) is 4.39 Å². The molecule has 1 atom stereocenters. The molecule has 0 heterocycles. The van der Waals surface area contributed by atoms with Crippen LogP contribution in [-0.2, 0) is 9.09 Å². The molecular formula is C16H21F2O3P. The molecule has 0 aliphatic rings. The zero-order chi connectivity index (χ0) is 16.7. The molecular weight excluding hydrogens is 309 g/mol. The zero-order valence-corrected chi connectivity index (χ0v) is 14.0. The van der Waals surface area contributed by atoms with Crippen LogP contribution in [0.1, 0.15) is 45.6 Å². The topological polar surface area (TPSA) is 46.5 Å². The average Bonchev–Trinajstić information content (AvgIpc) is 2.45. The van der Waals surface area contributed by atoms with Crippen molar-refractivity contribution < 1.29 is 22.8 Å². The minimum Gasteiger partial charge on any atom is -0.399 e. The van der Waals surface area contributed by atoms with Crippen LogP contribution in [0.3, 0.4) is 0 Å². The van der Waals surface area contributed by atoms with Crippen LogP contribution in [0.15, 0.2) is 41.4 Å². The van der Waals surface area contributed by atoms with E-state index in [4.69, 9.17) is 4.89 Å². The largest absolute Gasteiger partial charge is 0.399 e. The van der Waals surface area contributed by atoms with E-state index in [-0.39, 0.29) is 17.8 Å². The van der Waals surface area contributed by atoms with Gasteiger partial charge in [0.1, 0.15) is 5.82 Å². The quantitative estimate of drug-likeness (QED) is 0.414. The molecule has 0 amide bonds. The lowest BCUT2D eigenvalue weighted by molar-refractivity contribution is 0.271. The Bertz CT molecular complexity index is 592. The summed E-state index contributed by atoms with van der Waals surface area (Å²) < 4.78 is 42.4. The average molecular weight is 330 g/mol. The van der Waals surface area contributed by atoms with Crippen molar-refractivity contribution in [1.82, 2.24) is 0 Å². The maximum atomic E-state index is 14.1. The Morgan fingerprint density at radius 3 is 2.32 bits per heavy atom. The molecule has 0 aromatic heterocycles. The van der Waals surface area contributed by atoms with Gasteiger partial charge in [0, 0.05) is 5.57 Å². The fraction of sp³-hybridized carbons (Fsp3) is 0.375. The Morgan fingerprint density at radius 2 is 1.86 bits per heavy atom. The van der Waals surface area contributed by atoms with Gasteiger partial charge in [-0.3, -0.25) is 0 Å². The third-order valence-electron chi connectivity index (χ3n) is 3.25. The van der Waals surface area contributed by atoms with Crippen LogP contribution < -0.4 is 0 Å². The molecule has 0 saturated heterocycles. The van der Waals surface area contributed by atoms with Gasteiger partial charge in [0.15, 0.2) is 0 Å². The number of benzene rings is 1. The Balaban J connectivity index is 3.46. The van der Waals surface area contributed by atoms with Crippen LogP contribution in [0.2, 0.25) is 0 Å². The predicted molar refractivity (Wildman–Crippen MR) is 84.6 cm³/mol. The number of rotatable bonds is 7. The lowest BCUT2D eigenvalue weighted by Crippen LogP contribution is -1.98. The SMILES string of the molecule is CCCC(C)=C(/C(CC)=C(/F)O[PH](=O)O)c1ccc(F)cc1. The van der Waals surface area contributed by atoms with Gasteiger partial charge in [-0.15, -0.1) is 0 Å². The first-order valence-corrected chi connectivity index (χ1v) is 8.42. The maximum absolute atomic E-state index is 14.1. The Kier molecular flexibility index (Phi) is 7.49. The molecule has 0 radical (unpaired) electrons. The second-order valence-electron chi connectivity index (χ2n) is 4.89. The Morgan fingerprint density at radius 1 is 1.27 bits per heavy atom. The maximum Gasteiger partial charge on any atom is 0.367 e. The van der Waals surface area contributed by atoms with Crippen molar-refractivity contribution in [3.05, 3.63) is 52.8 Å². The smallest absolute Gasteiger partial charge is 0.367 e. The molecule has 1 aromatic carbocycles. The molecule has 0 bridgehead atoms. The lowest BCUT2D eigenvalue weighted by atomic mass is 9.90. The first-order chi connectivity index (χ1) is 10.4. The summed E-state index contributed by atoms with van der Waals surface area (Å²) in [5.74, 6) is -0.379. The molecule has 0 saturated carbocycles. The van der Waals surface area contributed by atoms with E-state index >= 15 is 0 Å². The van der Waals surface area contributed by atoms with E-state index < -0.39 is 14.3 Å². The third-order valence-corrected chi connectivity index (χ3v) is 3.61. The van der Waals surface area contributed by atoms with Crippen LogP contribution in [0.4, 0.5) is 8.78 Å². The fourth-order valence-electron chi connectivity index (χ4n) is 2.35. The van der Waals surface area contributed by atoms with Crippen molar-refractivity contribution in [3.63, 3.8) is 0 Å². The molecule has 1 N–H and O–H groups in total. The minimum atomic E-state index is -3.41. The monoisotopic (exact) mass is 330 g/mol. The standard InChI is InChI=1S/C16H21F2O3P/c1-4-6-11(3)15(12-7-9-13(17)10-8-12)14(5-2)16(18)21-22(19)20/h7-10,22H,4-6H2,1-3H3,(H,19,20)/b15-11?,16-14-. The molecule has 0 aliphatic carbocycles. The molecule has 22 heavy (non-hydrogen) atoms. The van der Waals surface area contributed by atoms with Gasteiger partial charge in [0.25, 0.3) is 6.01 Å². The summed E-state index contributed by atoms with van der Waals surface area (Å²) in [5, 5.41) is 0. The zero-order valence-electron chi connectivity index (χ0n) is 13.0. The first kappa shape index (κ1) is 18.6. The van der Waals surface area contributed by atoms with E-state index in [0.717, 1.165) is 18.4 Å². The molecule has 3 nitrogen and oxygen atoms in total. The van der Waals surface area contributed by atoms with Gasteiger partial charge in [-0.05, 0) is 43.0 Å². The van der Waals surface area contributed by atoms with Crippen LogP contribution in [0.25, 0.3) is 5.57 Å². The summed E-state index contributed by atoms with van der Waals surface area (Å²) in [6.07, 6.45) is 1.89. The highest BCUT2D eigenvalue weighted by molar-refractivity contribution is 7.32. The number of hydrogen-bond acceptors (Lipinski definition) is 2. The number of allylic oxidation sites excluding steroid dienone is 3. The second kappa shape index (κ2) is 8.86. The summed E-state index contributed by atoms with van der Waals surface area (Å²) >= 11 is 0. The minimum absolute atomic E-state index is 0.213. The van der Waals surface area contributed by atoms with Gasteiger partial charge in [0.2, 0.25) is 0 Å². The van der Waals surface area contributed by atoms with Gasteiger partial charge in [-0.25, -0.2) is 8.96 Å². The van der Waals surface area contributed by atoms with E-state index in [1.807, 2.05) is 13.8 Å². The van der Waals surface area contributed by atoms with Crippen LogP contribution in [0, 0.1) is 5.82 Å². The number of hydrogen-bond donors (Lipinski definition) is 1. The molecule has 122 valence electrons. The van der Waals surface area contributed by atoms with Crippen molar-refractivity contribution >= 4 is 13.8 Å². The van der Waals surface area contributed by atoms with Gasteiger partial charge >= 0.3 is 8.25 Å². The normalized spacial score (nSPS) is 15.0. The highest BCUT2D eigenvalue weighted by Crippen LogP contribution is 2.36. The molecule has 6 heteroatoms. The molecule has 1 unspecified atom stereocenters.